The Balaban J connectivity index is 1.80. The highest BCUT2D eigenvalue weighted by Crippen LogP contribution is 2.32. The van der Waals surface area contributed by atoms with Crippen LogP contribution in [0.15, 0.2) is 24.3 Å². The number of fused-ring (bicyclic) bond motifs is 1. The molecule has 40 heavy (non-hydrogen) atoms. The molecule has 0 radical (unpaired) electrons. The number of anilines is 2. The lowest BCUT2D eigenvalue weighted by Crippen LogP contribution is -2.41. The summed E-state index contributed by atoms with van der Waals surface area (Å²) in [6, 6.07) is 6.01. The van der Waals surface area contributed by atoms with Gasteiger partial charge in [0.25, 0.3) is 5.91 Å². The van der Waals surface area contributed by atoms with Crippen LogP contribution >= 0.6 is 22.6 Å². The highest BCUT2D eigenvalue weighted by Gasteiger charge is 2.32. The van der Waals surface area contributed by atoms with Crippen molar-refractivity contribution in [2.24, 2.45) is 17.1 Å². The van der Waals surface area contributed by atoms with Crippen LogP contribution in [0.25, 0.3) is 5.65 Å². The number of benzene rings is 1. The van der Waals surface area contributed by atoms with Crippen molar-refractivity contribution in [2.75, 3.05) is 38.3 Å². The van der Waals surface area contributed by atoms with E-state index in [9.17, 15) is 24.2 Å². The Morgan fingerprint density at radius 1 is 1.35 bits per heavy atom. The van der Waals surface area contributed by atoms with E-state index in [1.807, 2.05) is 22.6 Å². The lowest BCUT2D eigenvalue weighted by Gasteiger charge is -2.32. The summed E-state index contributed by atoms with van der Waals surface area (Å²) in [6.07, 6.45) is -0.903. The summed E-state index contributed by atoms with van der Waals surface area (Å²) in [5.41, 5.74) is 5.80. The zero-order valence-corrected chi connectivity index (χ0v) is 24.5. The molecule has 1 aliphatic heterocycles. The van der Waals surface area contributed by atoms with Crippen molar-refractivity contribution in [3.05, 3.63) is 44.8 Å². The van der Waals surface area contributed by atoms with Gasteiger partial charge in [0, 0.05) is 33.6 Å². The van der Waals surface area contributed by atoms with Crippen molar-refractivity contribution < 1.29 is 33.7 Å². The number of aliphatic hydroxyl groups excluding tert-OH is 2. The summed E-state index contributed by atoms with van der Waals surface area (Å²) in [4.78, 5) is 26.7. The van der Waals surface area contributed by atoms with Crippen LogP contribution in [-0.4, -0.2) is 80.6 Å². The Hall–Kier alpha value is -3.08. The molecular formula is C26H32FIN6O6. The van der Waals surface area contributed by atoms with Gasteiger partial charge in [0.05, 0.1) is 37.2 Å². The maximum absolute atomic E-state index is 14.9. The molecule has 2 unspecified atom stereocenters. The van der Waals surface area contributed by atoms with Gasteiger partial charge < -0.3 is 35.6 Å². The summed E-state index contributed by atoms with van der Waals surface area (Å²) in [5.74, 6) is -1.94. The minimum atomic E-state index is -0.903. The molecule has 12 nitrogen and oxygen atoms in total. The van der Waals surface area contributed by atoms with E-state index >= 15 is 0 Å². The molecule has 0 aliphatic carbocycles. The van der Waals surface area contributed by atoms with Crippen molar-refractivity contribution in [2.45, 2.75) is 33.4 Å². The molecule has 4 rings (SSSR count). The molecule has 2 aromatic heterocycles. The number of morpholine rings is 1. The second kappa shape index (κ2) is 12.2. The number of nitrogens with two attached hydrogens (primary N) is 1. The zero-order chi connectivity index (χ0) is 29.2. The standard InChI is InChI=1S/C26H32FIN6O6/c1-14(21(37)26(2,3)13-35)11-40-25-32-31-23-15(10-33-6-7-39-12-20(33)36)8-17(22(29)38)24(34(23)25)30-19-5-4-16(28)9-18(19)27/h4-5,8-9,14,21,30,35,37H,6-7,10-13H2,1-3H3,(H2,29,38). The molecule has 1 aromatic carbocycles. The van der Waals surface area contributed by atoms with Gasteiger partial charge in [-0.25, -0.2) is 8.79 Å². The number of carbonyl (C=O) groups is 2. The van der Waals surface area contributed by atoms with Gasteiger partial charge in [-0.2, -0.15) is 0 Å². The first-order valence-corrected chi connectivity index (χ1v) is 13.7. The van der Waals surface area contributed by atoms with Crippen LogP contribution in [-0.2, 0) is 16.1 Å². The van der Waals surface area contributed by atoms with Crippen molar-refractivity contribution in [1.29, 1.82) is 0 Å². The van der Waals surface area contributed by atoms with Crippen LogP contribution in [0, 0.1) is 20.7 Å². The van der Waals surface area contributed by atoms with Gasteiger partial charge in [0.1, 0.15) is 18.2 Å². The first kappa shape index (κ1) is 29.9. The molecule has 1 saturated heterocycles. The van der Waals surface area contributed by atoms with Crippen molar-refractivity contribution >= 4 is 51.6 Å². The number of aromatic nitrogens is 3. The van der Waals surface area contributed by atoms with Crippen molar-refractivity contribution in [3.63, 3.8) is 0 Å². The second-order valence-corrected chi connectivity index (χ2v) is 11.7. The molecule has 0 saturated carbocycles. The number of carbonyl (C=O) groups excluding carboxylic acids is 2. The third-order valence-corrected chi connectivity index (χ3v) is 7.51. The number of nitrogens with zero attached hydrogens (tertiary/aromatic N) is 4. The van der Waals surface area contributed by atoms with Crippen LogP contribution in [0.5, 0.6) is 6.01 Å². The fourth-order valence-corrected chi connectivity index (χ4v) is 4.88. The van der Waals surface area contributed by atoms with Gasteiger partial charge in [-0.3, -0.25) is 9.59 Å². The number of pyridine rings is 1. The average molecular weight is 670 g/mol. The van der Waals surface area contributed by atoms with Crippen molar-refractivity contribution in [1.82, 2.24) is 19.5 Å². The molecule has 5 N–H and O–H groups in total. The van der Waals surface area contributed by atoms with Gasteiger partial charge in [0.15, 0.2) is 5.65 Å². The lowest BCUT2D eigenvalue weighted by molar-refractivity contribution is -0.143. The van der Waals surface area contributed by atoms with Crippen LogP contribution in [0.4, 0.5) is 15.9 Å². The van der Waals surface area contributed by atoms with E-state index in [2.05, 4.69) is 15.5 Å². The predicted octanol–water partition coefficient (Wildman–Crippen LogP) is 2.07. The van der Waals surface area contributed by atoms with Crippen LogP contribution in [0.2, 0.25) is 0 Å². The second-order valence-electron chi connectivity index (χ2n) is 10.4. The van der Waals surface area contributed by atoms with E-state index in [-0.39, 0.29) is 61.0 Å². The number of amides is 2. The predicted molar refractivity (Wildman–Crippen MR) is 152 cm³/mol. The number of primary amides is 1. The Bertz CT molecular complexity index is 1420. The van der Waals surface area contributed by atoms with E-state index in [0.29, 0.717) is 22.3 Å². The Morgan fingerprint density at radius 2 is 2.10 bits per heavy atom. The number of ether oxygens (including phenoxy) is 2. The van der Waals surface area contributed by atoms with Crippen LogP contribution in [0.1, 0.15) is 36.7 Å². The molecule has 2 amide bonds. The van der Waals surface area contributed by atoms with E-state index < -0.39 is 29.2 Å². The number of hydrogen-bond donors (Lipinski definition) is 4. The Labute approximate surface area is 243 Å². The summed E-state index contributed by atoms with van der Waals surface area (Å²) in [5, 5.41) is 31.7. The molecule has 0 bridgehead atoms. The number of nitrogens with one attached hydrogen (secondary N) is 1. The first-order chi connectivity index (χ1) is 18.9. The smallest absolute Gasteiger partial charge is 0.323 e. The normalized spacial score (nSPS) is 15.8. The highest BCUT2D eigenvalue weighted by atomic mass is 127. The minimum Gasteiger partial charge on any atom is -0.463 e. The van der Waals surface area contributed by atoms with E-state index in [1.54, 1.807) is 31.7 Å². The molecule has 2 atom stereocenters. The summed E-state index contributed by atoms with van der Waals surface area (Å²) in [6.45, 7) is 5.73. The topological polar surface area (TPSA) is 165 Å². The molecule has 3 aromatic rings. The molecule has 1 fully saturated rings. The Kier molecular flexibility index (Phi) is 9.12. The number of aliphatic hydroxyl groups is 2. The SMILES string of the molecule is CC(COc1nnc2c(CN3CCOCC3=O)cc(C(N)=O)c(Nc3ccc(I)cc3F)n12)C(O)C(C)(C)CO. The van der Waals surface area contributed by atoms with Crippen LogP contribution in [0.3, 0.4) is 0 Å². The largest absolute Gasteiger partial charge is 0.463 e. The van der Waals surface area contributed by atoms with Gasteiger partial charge in [0.2, 0.25) is 5.91 Å². The molecule has 1 aliphatic rings. The van der Waals surface area contributed by atoms with Gasteiger partial charge in [-0.05, 0) is 46.9 Å². The monoisotopic (exact) mass is 670 g/mol. The summed E-state index contributed by atoms with van der Waals surface area (Å²) >= 11 is 1.99. The molecule has 3 heterocycles. The summed E-state index contributed by atoms with van der Waals surface area (Å²) < 4.78 is 28.1. The fraction of sp³-hybridized carbons (Fsp3) is 0.462. The Morgan fingerprint density at radius 3 is 2.75 bits per heavy atom. The molecule has 216 valence electrons. The number of halogens is 2. The van der Waals surface area contributed by atoms with Crippen LogP contribution < -0.4 is 15.8 Å². The zero-order valence-electron chi connectivity index (χ0n) is 22.4. The minimum absolute atomic E-state index is 0.000283. The first-order valence-electron chi connectivity index (χ1n) is 12.6. The lowest BCUT2D eigenvalue weighted by atomic mass is 9.81. The van der Waals surface area contributed by atoms with Crippen molar-refractivity contribution in [3.8, 4) is 6.01 Å². The van der Waals surface area contributed by atoms with Gasteiger partial charge in [-0.1, -0.05) is 25.9 Å². The molecule has 0 spiro atoms. The number of hydrogen-bond acceptors (Lipinski definition) is 9. The van der Waals surface area contributed by atoms with Gasteiger partial charge >= 0.3 is 6.01 Å². The van der Waals surface area contributed by atoms with Gasteiger partial charge in [-0.15, -0.1) is 5.10 Å². The van der Waals surface area contributed by atoms with E-state index in [0.717, 1.165) is 0 Å². The third-order valence-electron chi connectivity index (χ3n) is 6.84. The maximum atomic E-state index is 14.9. The third kappa shape index (κ3) is 6.29. The fourth-order valence-electron chi connectivity index (χ4n) is 4.43. The van der Waals surface area contributed by atoms with E-state index in [4.69, 9.17) is 15.2 Å². The molecular weight excluding hydrogens is 638 g/mol. The van der Waals surface area contributed by atoms with E-state index in [1.165, 1.54) is 22.6 Å². The molecule has 14 heteroatoms. The summed E-state index contributed by atoms with van der Waals surface area (Å²) in [7, 11) is 0. The average Bonchev–Trinajstić information content (AvgIpc) is 3.34. The highest BCUT2D eigenvalue weighted by molar-refractivity contribution is 14.1. The maximum Gasteiger partial charge on any atom is 0.323 e. The number of rotatable bonds is 11. The quantitative estimate of drug-likeness (QED) is 0.224.